The maximum absolute atomic E-state index is 15.0. The molecule has 2 aromatic rings. The minimum Gasteiger partial charge on any atom is -0.491 e. The predicted molar refractivity (Wildman–Crippen MR) is 196 cm³/mol. The summed E-state index contributed by atoms with van der Waals surface area (Å²) in [6, 6.07) is 6.02. The molecule has 0 heterocycles. The summed E-state index contributed by atoms with van der Waals surface area (Å²) in [6.07, 6.45) is -12.0. The molecule has 0 unspecified atom stereocenters. The summed E-state index contributed by atoms with van der Waals surface area (Å²) in [4.78, 5) is 24.6. The van der Waals surface area contributed by atoms with E-state index < -0.39 is 134 Å². The number of carbonyl (C=O) groups is 2. The lowest BCUT2D eigenvalue weighted by Gasteiger charge is -2.44. The number of benzene rings is 2. The van der Waals surface area contributed by atoms with E-state index >= 15 is 0 Å². The summed E-state index contributed by atoms with van der Waals surface area (Å²) in [6.45, 7) is 6.90. The Kier molecular flexibility index (Phi) is 17.8. The quantitative estimate of drug-likeness (QED) is 0.0271. The Morgan fingerprint density at radius 2 is 1.18 bits per heavy atom. The standard InChI is InChI=1S/C38H41F19N2O6Si/c1-19(2)66(20(3)4,16-13-31(41,42)32(43,44)33(45,46)34(47,48)35(49,50)36(51,52)37(53,54)38(55,56)57)64-15-14-63-25-10-7-23(8-11-25)29(22(6)21(5)17-28(60)59-62)65-30(61)58-27-12-9-24(39)18-26(27)40/h7-12,17-20,22,29,62H,13-16H2,1-6H3,(H,58,61)(H,59,60)/b21-17+/t22-,29+/m1/s1. The maximum atomic E-state index is 15.0. The fourth-order valence-corrected chi connectivity index (χ4v) is 10.9. The van der Waals surface area contributed by atoms with Gasteiger partial charge in [-0.2, -0.15) is 74.6 Å². The number of rotatable bonds is 22. The predicted octanol–water partition coefficient (Wildman–Crippen LogP) is 12.9. The highest BCUT2D eigenvalue weighted by Gasteiger charge is 2.95. The molecule has 0 spiro atoms. The fraction of sp³-hybridized carbons (Fsp3) is 0.579. The summed E-state index contributed by atoms with van der Waals surface area (Å²) >= 11 is 0. The molecule has 0 radical (unpaired) electrons. The molecule has 0 bridgehead atoms. The van der Waals surface area contributed by atoms with Crippen LogP contribution < -0.4 is 15.5 Å². The molecule has 0 aliphatic carbocycles. The van der Waals surface area contributed by atoms with Crippen LogP contribution in [-0.2, 0) is 14.0 Å². The van der Waals surface area contributed by atoms with Crippen LogP contribution in [0.25, 0.3) is 0 Å². The molecule has 2 rings (SSSR count). The van der Waals surface area contributed by atoms with E-state index in [0.717, 1.165) is 18.2 Å². The number of ether oxygens (including phenoxy) is 2. The highest BCUT2D eigenvalue weighted by atomic mass is 28.4. The zero-order chi connectivity index (χ0) is 51.4. The van der Waals surface area contributed by atoms with E-state index in [1.165, 1.54) is 71.3 Å². The molecule has 376 valence electrons. The molecule has 0 fully saturated rings. The van der Waals surface area contributed by atoms with Crippen molar-refractivity contribution in [2.45, 2.75) is 119 Å². The van der Waals surface area contributed by atoms with Gasteiger partial charge in [0.1, 0.15) is 30.1 Å². The van der Waals surface area contributed by atoms with Crippen LogP contribution in [-0.4, -0.2) is 86.4 Å². The number of hydroxylamine groups is 1. The van der Waals surface area contributed by atoms with E-state index in [4.69, 9.17) is 19.1 Å². The van der Waals surface area contributed by atoms with Crippen molar-refractivity contribution in [3.8, 4) is 5.75 Å². The smallest absolute Gasteiger partial charge is 0.460 e. The molecule has 66 heavy (non-hydrogen) atoms. The number of halogens is 19. The third-order valence-electron chi connectivity index (χ3n) is 10.5. The van der Waals surface area contributed by atoms with Crippen molar-refractivity contribution >= 4 is 26.0 Å². The molecule has 28 heteroatoms. The van der Waals surface area contributed by atoms with Crippen molar-refractivity contribution in [3.63, 3.8) is 0 Å². The second kappa shape index (κ2) is 20.4. The number of alkyl halides is 17. The van der Waals surface area contributed by atoms with Crippen LogP contribution in [0.4, 0.5) is 93.9 Å². The molecule has 0 saturated carbocycles. The second-order valence-corrected chi connectivity index (χ2v) is 20.4. The summed E-state index contributed by atoms with van der Waals surface area (Å²) in [5.41, 5.74) is -0.540. The van der Waals surface area contributed by atoms with Crippen molar-refractivity contribution in [2.75, 3.05) is 18.5 Å². The Bertz CT molecular complexity index is 2010. The Morgan fingerprint density at radius 1 is 0.697 bits per heavy atom. The van der Waals surface area contributed by atoms with Gasteiger partial charge < -0.3 is 13.9 Å². The maximum Gasteiger partial charge on any atom is 0.460 e. The number of nitrogens with one attached hydrogen (secondary N) is 2. The van der Waals surface area contributed by atoms with Crippen molar-refractivity contribution in [1.82, 2.24) is 5.48 Å². The fourth-order valence-electron chi connectivity index (χ4n) is 6.41. The lowest BCUT2D eigenvalue weighted by Crippen LogP contribution is -2.74. The van der Waals surface area contributed by atoms with Crippen molar-refractivity contribution < 1.29 is 112 Å². The van der Waals surface area contributed by atoms with Crippen LogP contribution in [0.2, 0.25) is 17.1 Å². The first-order chi connectivity index (χ1) is 29.7. The molecule has 2 aromatic carbocycles. The average Bonchev–Trinajstić information content (AvgIpc) is 3.19. The summed E-state index contributed by atoms with van der Waals surface area (Å²) in [5, 5.41) is 11.0. The Balaban J connectivity index is 2.33. The van der Waals surface area contributed by atoms with Crippen LogP contribution >= 0.6 is 0 Å². The van der Waals surface area contributed by atoms with Crippen LogP contribution in [0.15, 0.2) is 54.1 Å². The Hall–Kier alpha value is -4.47. The van der Waals surface area contributed by atoms with Crippen LogP contribution in [0.5, 0.6) is 5.75 Å². The van der Waals surface area contributed by atoms with Gasteiger partial charge in [-0.05, 0) is 53.9 Å². The molecule has 0 aromatic heterocycles. The summed E-state index contributed by atoms with van der Waals surface area (Å²) in [5.74, 6) is -61.0. The van der Waals surface area contributed by atoms with Gasteiger partial charge in [0.15, 0.2) is 8.32 Å². The van der Waals surface area contributed by atoms with Crippen molar-refractivity contribution in [3.05, 3.63) is 71.3 Å². The normalized spacial score (nSPS) is 15.2. The van der Waals surface area contributed by atoms with Gasteiger partial charge in [-0.3, -0.25) is 15.3 Å². The zero-order valence-electron chi connectivity index (χ0n) is 34.9. The van der Waals surface area contributed by atoms with Gasteiger partial charge in [-0.1, -0.05) is 52.3 Å². The number of amides is 2. The minimum atomic E-state index is -8.73. The first-order valence-electron chi connectivity index (χ1n) is 18.9. The average molecular weight is 1010 g/mol. The van der Waals surface area contributed by atoms with E-state index in [-0.39, 0.29) is 16.9 Å². The Morgan fingerprint density at radius 3 is 1.64 bits per heavy atom. The monoisotopic (exact) mass is 1010 g/mol. The molecule has 3 N–H and O–H groups in total. The summed E-state index contributed by atoms with van der Waals surface area (Å²) in [7, 11) is -4.07. The minimum absolute atomic E-state index is 0.00424. The first-order valence-corrected chi connectivity index (χ1v) is 21.1. The van der Waals surface area contributed by atoms with Gasteiger partial charge in [0, 0.05) is 24.5 Å². The molecule has 0 aliphatic rings. The number of anilines is 1. The largest absolute Gasteiger partial charge is 0.491 e. The van der Waals surface area contributed by atoms with Crippen LogP contribution in [0.1, 0.15) is 59.6 Å². The van der Waals surface area contributed by atoms with E-state index in [0.29, 0.717) is 6.07 Å². The third-order valence-corrected chi connectivity index (χ3v) is 16.2. The highest BCUT2D eigenvalue weighted by Crippen LogP contribution is 2.64. The Labute approximate surface area is 363 Å². The van der Waals surface area contributed by atoms with Gasteiger partial charge >= 0.3 is 53.7 Å². The molecule has 8 nitrogen and oxygen atoms in total. The summed E-state index contributed by atoms with van der Waals surface area (Å²) < 4.78 is 280. The van der Waals surface area contributed by atoms with E-state index in [9.17, 15) is 93.0 Å². The van der Waals surface area contributed by atoms with E-state index in [2.05, 4.69) is 5.32 Å². The topological polar surface area (TPSA) is 106 Å². The van der Waals surface area contributed by atoms with Gasteiger partial charge in [-0.25, -0.2) is 19.1 Å². The van der Waals surface area contributed by atoms with Crippen LogP contribution in [0, 0.1) is 17.6 Å². The van der Waals surface area contributed by atoms with Crippen molar-refractivity contribution in [2.24, 2.45) is 5.92 Å². The van der Waals surface area contributed by atoms with Gasteiger partial charge in [0.25, 0.3) is 5.91 Å². The van der Waals surface area contributed by atoms with Gasteiger partial charge in [0.05, 0.1) is 12.3 Å². The number of hydrogen-bond acceptors (Lipinski definition) is 6. The second-order valence-electron chi connectivity index (χ2n) is 15.4. The molecule has 0 saturated heterocycles. The molecule has 2 atom stereocenters. The SMILES string of the molecule is C/C(=C\C(=O)NO)[C@@H](C)[C@H](OC(=O)Nc1ccc(F)cc1F)c1ccc(OCCO[Si](CCC(F)(F)C(F)(F)C(F)(F)C(F)(F)C(F)(F)C(F)(F)C(F)(F)C(F)(F)F)(C(C)C)C(C)C)cc1. The third kappa shape index (κ3) is 11.3. The van der Waals surface area contributed by atoms with Crippen molar-refractivity contribution in [1.29, 1.82) is 0 Å². The van der Waals surface area contributed by atoms with Gasteiger partial charge in [0.2, 0.25) is 0 Å². The molecular formula is C38H41F19N2O6Si. The highest BCUT2D eigenvalue weighted by molar-refractivity contribution is 6.76. The molecule has 0 aliphatic heterocycles. The van der Waals surface area contributed by atoms with E-state index in [1.54, 1.807) is 0 Å². The molecule has 2 amide bonds. The van der Waals surface area contributed by atoms with E-state index in [1.807, 2.05) is 0 Å². The zero-order valence-corrected chi connectivity index (χ0v) is 35.9. The first kappa shape index (κ1) is 57.7. The lowest BCUT2D eigenvalue weighted by molar-refractivity contribution is -0.461. The lowest BCUT2D eigenvalue weighted by atomic mass is 9.88. The molecular weight excluding hydrogens is 969 g/mol. The van der Waals surface area contributed by atoms with Gasteiger partial charge in [-0.15, -0.1) is 0 Å². The number of hydrogen-bond donors (Lipinski definition) is 3. The number of carbonyl (C=O) groups excluding carboxylic acids is 2. The van der Waals surface area contributed by atoms with Crippen LogP contribution in [0.3, 0.4) is 0 Å².